The molecule has 1 aliphatic rings. The Balaban J connectivity index is 2.63. The second kappa shape index (κ2) is 3.48. The molecule has 0 atom stereocenters. The van der Waals surface area contributed by atoms with E-state index < -0.39 is 11.7 Å². The van der Waals surface area contributed by atoms with Crippen molar-refractivity contribution in [3.63, 3.8) is 0 Å². The highest BCUT2D eigenvalue weighted by molar-refractivity contribution is 9.10. The van der Waals surface area contributed by atoms with E-state index in [1.165, 1.54) is 4.90 Å². The van der Waals surface area contributed by atoms with Crippen LogP contribution in [0.15, 0.2) is 22.7 Å². The number of benzene rings is 1. The lowest BCUT2D eigenvalue weighted by Crippen LogP contribution is -2.30. The number of Topliss-reactive ketones (excluding diaryl/α,β-unsaturated/α-hetero) is 1. The number of hydrogen-bond donors (Lipinski definition) is 0. The maximum absolute atomic E-state index is 11.5. The Morgan fingerprint density at radius 1 is 1.40 bits per heavy atom. The summed E-state index contributed by atoms with van der Waals surface area (Å²) >= 11 is 3.26. The summed E-state index contributed by atoms with van der Waals surface area (Å²) in [6.45, 7) is -0.111. The highest BCUT2D eigenvalue weighted by atomic mass is 79.9. The van der Waals surface area contributed by atoms with Gasteiger partial charge in [0.25, 0.3) is 11.7 Å². The van der Waals surface area contributed by atoms with E-state index in [2.05, 4.69) is 15.9 Å². The van der Waals surface area contributed by atoms with Gasteiger partial charge in [-0.1, -0.05) is 6.07 Å². The summed E-state index contributed by atoms with van der Waals surface area (Å²) in [5.41, 5.74) is 0.846. The van der Waals surface area contributed by atoms with Crippen molar-refractivity contribution >= 4 is 33.3 Å². The molecular weight excluding hydrogens is 260 g/mol. The summed E-state index contributed by atoms with van der Waals surface area (Å²) in [5.74, 6) is -1.19. The van der Waals surface area contributed by atoms with Crippen LogP contribution in [0.5, 0.6) is 0 Å². The average Bonchev–Trinajstić information content (AvgIpc) is 2.46. The van der Waals surface area contributed by atoms with E-state index in [1.54, 1.807) is 18.2 Å². The van der Waals surface area contributed by atoms with Crippen LogP contribution in [0.25, 0.3) is 0 Å². The molecular formula is C10H5BrN2O2. The molecule has 1 aromatic rings. The number of amides is 1. The van der Waals surface area contributed by atoms with Crippen LogP contribution >= 0.6 is 15.9 Å². The first-order valence-corrected chi connectivity index (χ1v) is 4.97. The predicted octanol–water partition coefficient (Wildman–Crippen LogP) is 1.50. The molecule has 0 unspecified atom stereocenters. The lowest BCUT2D eigenvalue weighted by atomic mass is 10.1. The lowest BCUT2D eigenvalue weighted by molar-refractivity contribution is -0.114. The Hall–Kier alpha value is -1.67. The van der Waals surface area contributed by atoms with Crippen molar-refractivity contribution in [1.29, 1.82) is 5.26 Å². The number of carbonyl (C=O) groups is 2. The highest BCUT2D eigenvalue weighted by Gasteiger charge is 2.36. The third-order valence-electron chi connectivity index (χ3n) is 2.17. The standard InChI is InChI=1S/C10H5BrN2O2/c11-7-3-1-2-6-8(7)13(5-4-12)10(15)9(6)14/h1-3H,5H2. The molecule has 1 aliphatic heterocycles. The molecule has 15 heavy (non-hydrogen) atoms. The summed E-state index contributed by atoms with van der Waals surface area (Å²) in [5, 5.41) is 8.58. The van der Waals surface area contributed by atoms with Gasteiger partial charge in [0.2, 0.25) is 0 Å². The fourth-order valence-corrected chi connectivity index (χ4v) is 2.11. The van der Waals surface area contributed by atoms with Gasteiger partial charge in [-0.2, -0.15) is 5.26 Å². The minimum Gasteiger partial charge on any atom is -0.290 e. The largest absolute Gasteiger partial charge is 0.300 e. The second-order valence-corrected chi connectivity index (χ2v) is 3.87. The van der Waals surface area contributed by atoms with E-state index >= 15 is 0 Å². The summed E-state index contributed by atoms with van der Waals surface area (Å²) < 4.78 is 0.648. The molecule has 0 bridgehead atoms. The Morgan fingerprint density at radius 2 is 2.13 bits per heavy atom. The van der Waals surface area contributed by atoms with Gasteiger partial charge in [0.05, 0.1) is 17.3 Å². The van der Waals surface area contributed by atoms with E-state index in [4.69, 9.17) is 5.26 Å². The first-order chi connectivity index (χ1) is 7.16. The van der Waals surface area contributed by atoms with Crippen molar-refractivity contribution in [2.45, 2.75) is 0 Å². The van der Waals surface area contributed by atoms with Crippen molar-refractivity contribution in [2.75, 3.05) is 11.4 Å². The Kier molecular flexibility index (Phi) is 2.29. The van der Waals surface area contributed by atoms with Gasteiger partial charge < -0.3 is 0 Å². The lowest BCUT2D eigenvalue weighted by Gasteiger charge is -2.12. The van der Waals surface area contributed by atoms with Crippen LogP contribution in [0.2, 0.25) is 0 Å². The maximum atomic E-state index is 11.5. The summed E-state index contributed by atoms with van der Waals surface area (Å²) in [4.78, 5) is 24.2. The molecule has 0 aromatic heterocycles. The number of rotatable bonds is 1. The first kappa shape index (κ1) is 9.87. The number of anilines is 1. The van der Waals surface area contributed by atoms with Gasteiger partial charge in [-0.3, -0.25) is 14.5 Å². The zero-order valence-electron chi connectivity index (χ0n) is 7.53. The molecule has 0 aliphatic carbocycles. The molecule has 0 spiro atoms. The monoisotopic (exact) mass is 264 g/mol. The molecule has 74 valence electrons. The van der Waals surface area contributed by atoms with E-state index in [1.807, 2.05) is 6.07 Å². The number of para-hydroxylation sites is 1. The number of hydrogen-bond acceptors (Lipinski definition) is 3. The number of nitrogens with zero attached hydrogens (tertiary/aromatic N) is 2. The van der Waals surface area contributed by atoms with Gasteiger partial charge in [-0.15, -0.1) is 0 Å². The van der Waals surface area contributed by atoms with Crippen molar-refractivity contribution in [3.8, 4) is 6.07 Å². The minimum atomic E-state index is -0.640. The average molecular weight is 265 g/mol. The van der Waals surface area contributed by atoms with E-state index in [0.717, 1.165) is 0 Å². The summed E-state index contributed by atoms with van der Waals surface area (Å²) in [6, 6.07) is 6.86. The molecule has 0 N–H and O–H groups in total. The Bertz CT molecular complexity index is 505. The van der Waals surface area contributed by atoms with Gasteiger partial charge in [0.1, 0.15) is 6.54 Å². The summed E-state index contributed by atoms with van der Waals surface area (Å²) in [7, 11) is 0. The second-order valence-electron chi connectivity index (χ2n) is 3.01. The van der Waals surface area contributed by atoms with Crippen LogP contribution in [-0.4, -0.2) is 18.2 Å². The number of halogens is 1. The van der Waals surface area contributed by atoms with Crippen LogP contribution in [-0.2, 0) is 4.79 Å². The molecule has 1 amide bonds. The smallest absolute Gasteiger partial charge is 0.290 e. The number of carbonyl (C=O) groups excluding carboxylic acids is 2. The normalized spacial score (nSPS) is 14.0. The van der Waals surface area contributed by atoms with Gasteiger partial charge in [-0.05, 0) is 28.1 Å². The SMILES string of the molecule is N#CCN1C(=O)C(=O)c2cccc(Br)c21. The van der Waals surface area contributed by atoms with E-state index in [9.17, 15) is 9.59 Å². The Labute approximate surface area is 94.2 Å². The van der Waals surface area contributed by atoms with Crippen molar-refractivity contribution in [3.05, 3.63) is 28.2 Å². The zero-order chi connectivity index (χ0) is 11.0. The van der Waals surface area contributed by atoms with Gasteiger partial charge in [0, 0.05) is 4.47 Å². The van der Waals surface area contributed by atoms with Gasteiger partial charge in [-0.25, -0.2) is 0 Å². The van der Waals surface area contributed by atoms with Gasteiger partial charge >= 0.3 is 0 Å². The molecule has 0 radical (unpaired) electrons. The minimum absolute atomic E-state index is 0.111. The fraction of sp³-hybridized carbons (Fsp3) is 0.100. The molecule has 1 heterocycles. The Morgan fingerprint density at radius 3 is 2.80 bits per heavy atom. The van der Waals surface area contributed by atoms with Crippen molar-refractivity contribution in [1.82, 2.24) is 0 Å². The molecule has 2 rings (SSSR count). The van der Waals surface area contributed by atoms with E-state index in [-0.39, 0.29) is 6.54 Å². The predicted molar refractivity (Wildman–Crippen MR) is 56.4 cm³/mol. The van der Waals surface area contributed by atoms with Crippen molar-refractivity contribution < 1.29 is 9.59 Å². The maximum Gasteiger partial charge on any atom is 0.300 e. The molecule has 0 saturated carbocycles. The topological polar surface area (TPSA) is 61.2 Å². The molecule has 4 nitrogen and oxygen atoms in total. The quantitative estimate of drug-likeness (QED) is 0.571. The van der Waals surface area contributed by atoms with Crippen LogP contribution in [0.1, 0.15) is 10.4 Å². The molecule has 0 fully saturated rings. The van der Waals surface area contributed by atoms with Crippen LogP contribution < -0.4 is 4.90 Å². The molecule has 1 aromatic carbocycles. The third-order valence-corrected chi connectivity index (χ3v) is 2.81. The molecule has 0 saturated heterocycles. The van der Waals surface area contributed by atoms with Crippen molar-refractivity contribution in [2.24, 2.45) is 0 Å². The van der Waals surface area contributed by atoms with Crippen LogP contribution in [0.3, 0.4) is 0 Å². The van der Waals surface area contributed by atoms with E-state index in [0.29, 0.717) is 15.7 Å². The highest BCUT2D eigenvalue weighted by Crippen LogP contribution is 2.35. The summed E-state index contributed by atoms with van der Waals surface area (Å²) in [6.07, 6.45) is 0. The third kappa shape index (κ3) is 1.34. The first-order valence-electron chi connectivity index (χ1n) is 4.18. The zero-order valence-corrected chi connectivity index (χ0v) is 9.11. The number of fused-ring (bicyclic) bond motifs is 1. The van der Waals surface area contributed by atoms with Gasteiger partial charge in [0.15, 0.2) is 0 Å². The fourth-order valence-electron chi connectivity index (χ4n) is 1.53. The molecule has 5 heteroatoms. The van der Waals surface area contributed by atoms with Crippen LogP contribution in [0, 0.1) is 11.3 Å². The number of ketones is 1. The number of nitriles is 1. The van der Waals surface area contributed by atoms with Crippen LogP contribution in [0.4, 0.5) is 5.69 Å².